The van der Waals surface area contributed by atoms with E-state index in [2.05, 4.69) is 57.8 Å². The summed E-state index contributed by atoms with van der Waals surface area (Å²) in [5, 5.41) is 51.6. The summed E-state index contributed by atoms with van der Waals surface area (Å²) in [5.74, 6) is -16.0. The van der Waals surface area contributed by atoms with Gasteiger partial charge in [-0.1, -0.05) is 39.8 Å². The number of fused-ring (bicyclic) bond motifs is 1. The van der Waals surface area contributed by atoms with Gasteiger partial charge in [-0.05, 0) is 30.9 Å². The lowest BCUT2D eigenvalue weighted by atomic mass is 10.0. The van der Waals surface area contributed by atoms with Crippen LogP contribution in [0.15, 0.2) is 35.5 Å². The molecule has 434 valence electrons. The maximum absolute atomic E-state index is 14.4. The minimum absolute atomic E-state index is 0.0356. The predicted octanol–water partition coefficient (Wildman–Crippen LogP) is -9.43. The number of nitrogens with zero attached hydrogens (tertiary/aromatic N) is 1. The number of primary amides is 3. The zero-order valence-electron chi connectivity index (χ0n) is 42.2. The number of benzene rings is 1. The van der Waals surface area contributed by atoms with Crippen LogP contribution in [0.1, 0.15) is 44.1 Å². The van der Waals surface area contributed by atoms with Crippen LogP contribution in [-0.2, 0) is 68.7 Å². The molecule has 12 amide bonds. The van der Waals surface area contributed by atoms with Gasteiger partial charge in [-0.3, -0.25) is 62.5 Å². The number of nitrogens with two attached hydrogens (primary N) is 6. The summed E-state index contributed by atoms with van der Waals surface area (Å²) >= 11 is 0. The molecule has 1 aromatic heterocycles. The number of carbonyl (C=O) groups is 13. The number of aliphatic carboxylic acids is 1. The Labute approximate surface area is 456 Å². The van der Waals surface area contributed by atoms with Gasteiger partial charge in [0.15, 0.2) is 5.96 Å². The van der Waals surface area contributed by atoms with Gasteiger partial charge in [0.2, 0.25) is 70.9 Å². The molecule has 0 radical (unpaired) electrons. The quantitative estimate of drug-likeness (QED) is 0.0201. The molecule has 9 atom stereocenters. The molecule has 3 rings (SSSR count). The number of carbonyl (C=O) groups excluding carboxylic acids is 12. The topological polar surface area (TPSA) is 575 Å². The van der Waals surface area contributed by atoms with Gasteiger partial charge in [0.05, 0.1) is 38.6 Å². The summed E-state index contributed by atoms with van der Waals surface area (Å²) < 4.78 is 0. The highest BCUT2D eigenvalue weighted by Gasteiger charge is 2.35. The van der Waals surface area contributed by atoms with Crippen LogP contribution in [-0.4, -0.2) is 195 Å². The number of nitrogens with one attached hydrogen (secondary N) is 10. The Morgan fingerprint density at radius 3 is 1.95 bits per heavy atom. The molecule has 1 aromatic carbocycles. The van der Waals surface area contributed by atoms with Gasteiger partial charge in [-0.2, -0.15) is 0 Å². The number of carboxylic acid groups (broad SMARTS) is 1. The molecular weight excluding hydrogens is 1090 g/mol. The van der Waals surface area contributed by atoms with Crippen molar-refractivity contribution in [3.05, 3.63) is 36.0 Å². The molecule has 0 aliphatic carbocycles. The summed E-state index contributed by atoms with van der Waals surface area (Å²) in [5.41, 5.74) is 33.4. The van der Waals surface area contributed by atoms with E-state index >= 15 is 0 Å². The number of aliphatic imine (C=N–C) groups is 1. The molecule has 0 spiro atoms. The van der Waals surface area contributed by atoms with E-state index in [9.17, 15) is 77.6 Å². The predicted molar refractivity (Wildman–Crippen MR) is 281 cm³/mol. The van der Waals surface area contributed by atoms with E-state index < -0.39 is 188 Å². The Morgan fingerprint density at radius 2 is 1.32 bits per heavy atom. The van der Waals surface area contributed by atoms with Gasteiger partial charge < -0.3 is 103 Å². The number of aromatic amines is 1. The van der Waals surface area contributed by atoms with E-state index in [-0.39, 0.29) is 31.8 Å². The fraction of sp³-hybridized carbons (Fsp3) is 0.500. The van der Waals surface area contributed by atoms with Gasteiger partial charge in [0, 0.05) is 48.0 Å². The summed E-state index contributed by atoms with van der Waals surface area (Å²) in [6.07, 6.45) is -1.44. The maximum atomic E-state index is 14.4. The number of guanidine groups is 1. The smallest absolute Gasteiger partial charge is 0.326 e. The molecule has 33 nitrogen and oxygen atoms in total. The van der Waals surface area contributed by atoms with Gasteiger partial charge in [-0.25, -0.2) is 4.79 Å². The first-order chi connectivity index (χ1) is 37.3. The first kappa shape index (κ1) is 65.0. The normalized spacial score (nSPS) is 20.3. The highest BCUT2D eigenvalue weighted by atomic mass is 33.1. The van der Waals surface area contributed by atoms with Crippen LogP contribution < -0.4 is 82.3 Å². The molecule has 0 unspecified atom stereocenters. The number of carboxylic acids is 1. The zero-order valence-corrected chi connectivity index (χ0v) is 43.8. The number of aliphatic hydroxyl groups is 2. The Bertz CT molecular complexity index is 2600. The molecule has 0 bridgehead atoms. The largest absolute Gasteiger partial charge is 0.480 e. The third kappa shape index (κ3) is 22.3. The van der Waals surface area contributed by atoms with Gasteiger partial charge in [-0.15, -0.1) is 0 Å². The van der Waals surface area contributed by atoms with Gasteiger partial charge in [0.25, 0.3) is 0 Å². The lowest BCUT2D eigenvalue weighted by Gasteiger charge is -2.27. The SMILES string of the molecule is NC(=O)CC[C@@H]1NC(=O)[C@H](CO)NC(=O)[C@@H](NC(=O)[C@H](CCCN=C(N)N)NC(=O)[C@@H](N)CC(N)=O)CSSC[C@@H](C(=O)N[C@@H](Cc2c[nH]c3ccccc23)C(=O)N[C@@H](CC(N)=O)C(=O)O)NC(=O)[C@H](CO)NC(=O)CNC1=O. The molecule has 1 aliphatic heterocycles. The number of hydrogen-bond donors (Lipinski definition) is 19. The number of aliphatic hydroxyl groups excluding tert-OH is 2. The van der Waals surface area contributed by atoms with E-state index in [1.54, 1.807) is 24.3 Å². The molecule has 35 heteroatoms. The molecule has 2 aromatic rings. The minimum Gasteiger partial charge on any atom is -0.480 e. The molecule has 2 heterocycles. The number of H-pyrrole nitrogens is 1. The second kappa shape index (κ2) is 32.5. The van der Waals surface area contributed by atoms with Crippen molar-refractivity contribution in [1.82, 2.24) is 52.8 Å². The summed E-state index contributed by atoms with van der Waals surface area (Å²) in [7, 11) is 1.50. The van der Waals surface area contributed by atoms with Gasteiger partial charge in [0.1, 0.15) is 48.3 Å². The van der Waals surface area contributed by atoms with Gasteiger partial charge >= 0.3 is 5.97 Å². The fourth-order valence-corrected chi connectivity index (χ4v) is 9.53. The molecular formula is C44H65N17O16S2. The highest BCUT2D eigenvalue weighted by molar-refractivity contribution is 8.76. The summed E-state index contributed by atoms with van der Waals surface area (Å²) in [4.78, 5) is 177. The van der Waals surface area contributed by atoms with E-state index in [1.807, 2.05) is 0 Å². The Kier molecular flexibility index (Phi) is 26.7. The fourth-order valence-electron chi connectivity index (χ4n) is 7.20. The van der Waals surface area contributed by atoms with Crippen molar-refractivity contribution in [2.75, 3.05) is 37.8 Å². The Balaban J connectivity index is 2.11. The third-order valence-electron chi connectivity index (χ3n) is 11.3. The van der Waals surface area contributed by atoms with Crippen molar-refractivity contribution in [3.63, 3.8) is 0 Å². The van der Waals surface area contributed by atoms with Crippen molar-refractivity contribution >= 4 is 115 Å². The van der Waals surface area contributed by atoms with Crippen LogP contribution >= 0.6 is 21.6 Å². The molecule has 0 saturated carbocycles. The van der Waals surface area contributed by atoms with Crippen molar-refractivity contribution in [3.8, 4) is 0 Å². The lowest BCUT2D eigenvalue weighted by Crippen LogP contribution is -2.61. The number of para-hydroxylation sites is 1. The van der Waals surface area contributed by atoms with Crippen molar-refractivity contribution in [2.24, 2.45) is 39.4 Å². The molecule has 1 aliphatic rings. The van der Waals surface area contributed by atoms with Crippen LogP contribution in [0.4, 0.5) is 0 Å². The number of hydrogen-bond acceptors (Lipinski definition) is 19. The third-order valence-corrected chi connectivity index (χ3v) is 13.7. The van der Waals surface area contributed by atoms with Crippen molar-refractivity contribution in [1.29, 1.82) is 0 Å². The second-order valence-electron chi connectivity index (χ2n) is 17.5. The van der Waals surface area contributed by atoms with Crippen LogP contribution in [0.3, 0.4) is 0 Å². The Hall–Kier alpha value is -8.28. The average molecular weight is 1150 g/mol. The van der Waals surface area contributed by atoms with Crippen molar-refractivity contribution in [2.45, 2.75) is 99.3 Å². The number of rotatable bonds is 24. The average Bonchev–Trinajstić information content (AvgIpc) is 3.80. The van der Waals surface area contributed by atoms with Crippen LogP contribution in [0.25, 0.3) is 10.9 Å². The summed E-state index contributed by atoms with van der Waals surface area (Å²) in [6, 6.07) is -8.61. The molecule has 79 heavy (non-hydrogen) atoms. The Morgan fingerprint density at radius 1 is 0.696 bits per heavy atom. The molecule has 1 fully saturated rings. The number of amides is 12. The minimum atomic E-state index is -1.88. The first-order valence-corrected chi connectivity index (χ1v) is 26.4. The summed E-state index contributed by atoms with van der Waals surface area (Å²) in [6.45, 7) is -3.21. The standard InChI is InChI=1S/C44H65N17O16S2/c45-21(11-32(47)65)35(68)55-23(6-3-9-51-44(49)50)37(70)60-30-18-79-78-17-29(41(74)57-25(38(71)58-26(43(76)77)12-33(48)66)10-19-13-52-22-5-2-1-4-20(19)22)61-39(72)27(15-62)54-34(67)14-53-36(69)24(7-8-31(46)64)56-40(73)28(16-63)59-42(30)75/h1-2,4-5,13,21,23-30,52,62-63H,3,6-12,14-18,45H2,(H2,46,64)(H2,47,65)(H2,48,66)(H,53,69)(H,54,67)(H,55,68)(H,56,73)(H,57,74)(H,58,71)(H,59,75)(H,60,70)(H,61,72)(H,76,77)(H4,49,50,51)/t21-,23-,24-,25-,26-,27-,28-,29-,30-/m0/s1. The lowest BCUT2D eigenvalue weighted by molar-refractivity contribution is -0.143. The van der Waals surface area contributed by atoms with Crippen molar-refractivity contribution < 1.29 is 77.6 Å². The van der Waals surface area contributed by atoms with Crippen LogP contribution in [0.5, 0.6) is 0 Å². The second-order valence-corrected chi connectivity index (χ2v) is 20.1. The van der Waals surface area contributed by atoms with Crippen LogP contribution in [0, 0.1) is 0 Å². The monoisotopic (exact) mass is 1150 g/mol. The zero-order chi connectivity index (χ0) is 58.9. The highest BCUT2D eigenvalue weighted by Crippen LogP contribution is 2.24. The number of aromatic nitrogens is 1. The van der Waals surface area contributed by atoms with Crippen LogP contribution in [0.2, 0.25) is 0 Å². The molecule has 1 saturated heterocycles. The van der Waals surface area contributed by atoms with E-state index in [0.29, 0.717) is 16.5 Å². The van der Waals surface area contributed by atoms with E-state index in [4.69, 9.17) is 34.4 Å². The van der Waals surface area contributed by atoms with E-state index in [0.717, 1.165) is 21.6 Å². The van der Waals surface area contributed by atoms with E-state index in [1.165, 1.54) is 6.20 Å². The first-order valence-electron chi connectivity index (χ1n) is 23.9. The maximum Gasteiger partial charge on any atom is 0.326 e. The molecule has 25 N–H and O–H groups in total.